The minimum absolute atomic E-state index is 0.0481. The molecule has 0 aliphatic heterocycles. The first-order chi connectivity index (χ1) is 8.19. The van der Waals surface area contributed by atoms with E-state index in [4.69, 9.17) is 10.00 Å². The molecule has 88 valence electrons. The second-order valence-electron chi connectivity index (χ2n) is 3.39. The number of carbonyl (C=O) groups is 2. The molecule has 0 unspecified atom stereocenters. The molecule has 0 N–H and O–H groups in total. The lowest BCUT2D eigenvalue weighted by Crippen LogP contribution is -2.08. The van der Waals surface area contributed by atoms with E-state index in [2.05, 4.69) is 0 Å². The van der Waals surface area contributed by atoms with Crippen molar-refractivity contribution in [3.63, 3.8) is 0 Å². The number of hydrogen-bond donors (Lipinski definition) is 0. The molecular formula is C13H13NO3. The van der Waals surface area contributed by atoms with E-state index in [1.165, 1.54) is 0 Å². The van der Waals surface area contributed by atoms with E-state index in [0.717, 1.165) is 0 Å². The highest BCUT2D eigenvalue weighted by atomic mass is 16.5. The van der Waals surface area contributed by atoms with Crippen molar-refractivity contribution >= 4 is 11.8 Å². The minimum atomic E-state index is -0.393. The summed E-state index contributed by atoms with van der Waals surface area (Å²) in [5.41, 5.74) is 0.695. The Bertz CT molecular complexity index is 460. The van der Waals surface area contributed by atoms with Crippen molar-refractivity contribution in [2.45, 2.75) is 19.8 Å². The molecule has 1 aromatic carbocycles. The standard InChI is InChI=1S/C13H13NO3/c1-2-17-13(16)8-7-12(15)11-6-4-3-5-10(11)9-14/h3-6H,2,7-8H2,1H3. The van der Waals surface area contributed by atoms with Gasteiger partial charge in [-0.05, 0) is 13.0 Å². The van der Waals surface area contributed by atoms with E-state index in [1.807, 2.05) is 6.07 Å². The molecule has 1 aromatic rings. The van der Waals surface area contributed by atoms with Gasteiger partial charge in [0, 0.05) is 12.0 Å². The summed E-state index contributed by atoms with van der Waals surface area (Å²) in [5, 5.41) is 8.84. The zero-order chi connectivity index (χ0) is 12.7. The molecule has 0 atom stereocenters. The molecule has 0 aromatic heterocycles. The van der Waals surface area contributed by atoms with Crippen LogP contribution in [0.25, 0.3) is 0 Å². The lowest BCUT2D eigenvalue weighted by Gasteiger charge is -2.03. The van der Waals surface area contributed by atoms with Crippen LogP contribution in [0.5, 0.6) is 0 Å². The molecule has 0 heterocycles. The largest absolute Gasteiger partial charge is 0.466 e. The van der Waals surface area contributed by atoms with E-state index in [0.29, 0.717) is 17.7 Å². The molecule has 0 saturated carbocycles. The van der Waals surface area contributed by atoms with E-state index in [9.17, 15) is 9.59 Å². The maximum Gasteiger partial charge on any atom is 0.306 e. The fraction of sp³-hybridized carbons (Fsp3) is 0.308. The minimum Gasteiger partial charge on any atom is -0.466 e. The second kappa shape index (κ2) is 6.44. The third kappa shape index (κ3) is 3.72. The van der Waals surface area contributed by atoms with Gasteiger partial charge in [-0.2, -0.15) is 5.26 Å². The van der Waals surface area contributed by atoms with Crippen LogP contribution in [0.4, 0.5) is 0 Å². The number of Topliss-reactive ketones (excluding diaryl/α,β-unsaturated/α-hetero) is 1. The van der Waals surface area contributed by atoms with Gasteiger partial charge in [0.2, 0.25) is 0 Å². The molecule has 4 heteroatoms. The number of nitriles is 1. The first-order valence-electron chi connectivity index (χ1n) is 5.37. The average molecular weight is 231 g/mol. The summed E-state index contributed by atoms with van der Waals surface area (Å²) in [7, 11) is 0. The zero-order valence-corrected chi connectivity index (χ0v) is 9.60. The van der Waals surface area contributed by atoms with Gasteiger partial charge in [0.15, 0.2) is 5.78 Å². The molecule has 0 radical (unpaired) electrons. The Balaban J connectivity index is 2.65. The molecule has 0 saturated heterocycles. The molecule has 0 bridgehead atoms. The van der Waals surface area contributed by atoms with Gasteiger partial charge in [-0.15, -0.1) is 0 Å². The lowest BCUT2D eigenvalue weighted by molar-refractivity contribution is -0.143. The monoisotopic (exact) mass is 231 g/mol. The number of hydrogen-bond acceptors (Lipinski definition) is 4. The summed E-state index contributed by atoms with van der Waals surface area (Å²) in [6.07, 6.45) is 0.115. The number of esters is 1. The molecule has 0 spiro atoms. The molecule has 0 fully saturated rings. The zero-order valence-electron chi connectivity index (χ0n) is 9.60. The third-order valence-electron chi connectivity index (χ3n) is 2.21. The Morgan fingerprint density at radius 2 is 2.00 bits per heavy atom. The molecule has 17 heavy (non-hydrogen) atoms. The predicted molar refractivity (Wildman–Crippen MR) is 61.4 cm³/mol. The number of benzene rings is 1. The van der Waals surface area contributed by atoms with Gasteiger partial charge < -0.3 is 4.74 Å². The summed E-state index contributed by atoms with van der Waals surface area (Å²) in [5.74, 6) is -0.606. The quantitative estimate of drug-likeness (QED) is 0.574. The van der Waals surface area contributed by atoms with Crippen molar-refractivity contribution in [1.29, 1.82) is 5.26 Å². The van der Waals surface area contributed by atoms with Crippen LogP contribution in [-0.4, -0.2) is 18.4 Å². The number of carbonyl (C=O) groups excluding carboxylic acids is 2. The van der Waals surface area contributed by atoms with Gasteiger partial charge in [-0.25, -0.2) is 0 Å². The van der Waals surface area contributed by atoms with Gasteiger partial charge in [-0.1, -0.05) is 18.2 Å². The van der Waals surface area contributed by atoms with E-state index in [1.54, 1.807) is 31.2 Å². The van der Waals surface area contributed by atoms with Crippen molar-refractivity contribution in [1.82, 2.24) is 0 Å². The van der Waals surface area contributed by atoms with Crippen LogP contribution in [0.3, 0.4) is 0 Å². The predicted octanol–water partition coefficient (Wildman–Crippen LogP) is 2.08. The average Bonchev–Trinajstić information content (AvgIpc) is 2.36. The van der Waals surface area contributed by atoms with Gasteiger partial charge >= 0.3 is 5.97 Å². The van der Waals surface area contributed by atoms with Crippen molar-refractivity contribution in [2.75, 3.05) is 6.61 Å². The van der Waals surface area contributed by atoms with Crippen LogP contribution in [0, 0.1) is 11.3 Å². The Hall–Kier alpha value is -2.15. The van der Waals surface area contributed by atoms with E-state index >= 15 is 0 Å². The smallest absolute Gasteiger partial charge is 0.306 e. The normalized spacial score (nSPS) is 9.41. The van der Waals surface area contributed by atoms with Crippen LogP contribution < -0.4 is 0 Å². The van der Waals surface area contributed by atoms with Gasteiger partial charge in [-0.3, -0.25) is 9.59 Å². The van der Waals surface area contributed by atoms with Crippen LogP contribution in [-0.2, 0) is 9.53 Å². The third-order valence-corrected chi connectivity index (χ3v) is 2.21. The number of rotatable bonds is 5. The van der Waals surface area contributed by atoms with Gasteiger partial charge in [0.25, 0.3) is 0 Å². The first kappa shape index (κ1) is 12.9. The molecule has 4 nitrogen and oxygen atoms in total. The number of ether oxygens (including phenoxy) is 1. The van der Waals surface area contributed by atoms with Gasteiger partial charge in [0.1, 0.15) is 0 Å². The van der Waals surface area contributed by atoms with Crippen LogP contribution >= 0.6 is 0 Å². The second-order valence-corrected chi connectivity index (χ2v) is 3.39. The summed E-state index contributed by atoms with van der Waals surface area (Å²) >= 11 is 0. The highest BCUT2D eigenvalue weighted by Crippen LogP contribution is 2.11. The molecule has 0 aliphatic rings. The van der Waals surface area contributed by atoms with E-state index < -0.39 is 5.97 Å². The SMILES string of the molecule is CCOC(=O)CCC(=O)c1ccccc1C#N. The fourth-order valence-electron chi connectivity index (χ4n) is 1.41. The van der Waals surface area contributed by atoms with Crippen molar-refractivity contribution in [3.05, 3.63) is 35.4 Å². The summed E-state index contributed by atoms with van der Waals surface area (Å²) in [4.78, 5) is 22.9. The summed E-state index contributed by atoms with van der Waals surface area (Å²) < 4.78 is 4.73. The molecule has 1 rings (SSSR count). The Morgan fingerprint density at radius 1 is 1.29 bits per heavy atom. The van der Waals surface area contributed by atoms with Crippen LogP contribution in [0.15, 0.2) is 24.3 Å². The maximum absolute atomic E-state index is 11.8. The van der Waals surface area contributed by atoms with Gasteiger partial charge in [0.05, 0.1) is 24.7 Å². The Morgan fingerprint density at radius 3 is 2.65 bits per heavy atom. The molecule has 0 aliphatic carbocycles. The van der Waals surface area contributed by atoms with Crippen LogP contribution in [0.2, 0.25) is 0 Å². The topological polar surface area (TPSA) is 67.2 Å². The Labute approximate surface area is 99.8 Å². The number of nitrogens with zero attached hydrogens (tertiary/aromatic N) is 1. The Kier molecular flexibility index (Phi) is 4.89. The van der Waals surface area contributed by atoms with Crippen molar-refractivity contribution in [3.8, 4) is 6.07 Å². The van der Waals surface area contributed by atoms with Crippen LogP contribution in [0.1, 0.15) is 35.7 Å². The summed E-state index contributed by atoms with van der Waals surface area (Å²) in [6.45, 7) is 2.02. The molecular weight excluding hydrogens is 218 g/mol. The fourth-order valence-corrected chi connectivity index (χ4v) is 1.41. The van der Waals surface area contributed by atoms with Crippen molar-refractivity contribution < 1.29 is 14.3 Å². The lowest BCUT2D eigenvalue weighted by atomic mass is 10.0. The van der Waals surface area contributed by atoms with E-state index in [-0.39, 0.29) is 18.6 Å². The van der Waals surface area contributed by atoms with Crippen molar-refractivity contribution in [2.24, 2.45) is 0 Å². The summed E-state index contributed by atoms with van der Waals surface area (Å²) in [6, 6.07) is 8.51. The molecule has 0 amide bonds. The highest BCUT2D eigenvalue weighted by molar-refractivity contribution is 5.99. The highest BCUT2D eigenvalue weighted by Gasteiger charge is 2.12. The first-order valence-corrected chi connectivity index (χ1v) is 5.37. The number of ketones is 1. The maximum atomic E-state index is 11.8.